The molecule has 0 unspecified atom stereocenters. The minimum absolute atomic E-state index is 0.303. The molecule has 202 valence electrons. The maximum absolute atomic E-state index is 13.6. The minimum atomic E-state index is -0.604. The summed E-state index contributed by atoms with van der Waals surface area (Å²) >= 11 is 0. The topological polar surface area (TPSA) is 77.3 Å². The molecule has 1 amide bonds. The number of esters is 1. The van der Waals surface area contributed by atoms with Crippen molar-refractivity contribution in [2.24, 2.45) is 0 Å². The minimum Gasteiger partial charge on any atom is -0.452 e. The van der Waals surface area contributed by atoms with Crippen LogP contribution in [0.25, 0.3) is 38.8 Å². The number of rotatable bonds is 7. The quantitative estimate of drug-likeness (QED) is 0.209. The van der Waals surface area contributed by atoms with E-state index < -0.39 is 12.6 Å². The Bertz CT molecular complexity index is 1880. The zero-order valence-electron chi connectivity index (χ0n) is 22.8. The number of pyridine rings is 1. The molecular formula is C34H28N4O3. The fraction of sp³-hybridized carbons (Fsp3) is 0.118. The number of carbonyl (C=O) groups excluding carboxylic acids is 2. The first kappa shape index (κ1) is 26.0. The number of para-hydroxylation sites is 1. The molecular weight excluding hydrogens is 512 g/mol. The summed E-state index contributed by atoms with van der Waals surface area (Å²) in [7, 11) is 0. The third-order valence-corrected chi connectivity index (χ3v) is 7.10. The summed E-state index contributed by atoms with van der Waals surface area (Å²) in [5.74, 6) is -0.907. The van der Waals surface area contributed by atoms with E-state index in [-0.39, 0.29) is 5.91 Å². The van der Waals surface area contributed by atoms with Crippen molar-refractivity contribution in [2.75, 3.05) is 18.1 Å². The molecule has 0 aliphatic carbocycles. The Balaban J connectivity index is 1.36. The van der Waals surface area contributed by atoms with Crippen LogP contribution in [-0.4, -0.2) is 39.8 Å². The Morgan fingerprint density at radius 2 is 1.54 bits per heavy atom. The van der Waals surface area contributed by atoms with Crippen molar-refractivity contribution in [2.45, 2.75) is 13.8 Å². The first-order valence-corrected chi connectivity index (χ1v) is 13.5. The van der Waals surface area contributed by atoms with Gasteiger partial charge in [0.2, 0.25) is 0 Å². The van der Waals surface area contributed by atoms with Gasteiger partial charge < -0.3 is 9.64 Å². The molecule has 0 atom stereocenters. The average molecular weight is 541 g/mol. The second-order valence-corrected chi connectivity index (χ2v) is 9.66. The van der Waals surface area contributed by atoms with Crippen molar-refractivity contribution >= 4 is 39.4 Å². The van der Waals surface area contributed by atoms with E-state index in [1.165, 1.54) is 0 Å². The normalized spacial score (nSPS) is 11.1. The highest BCUT2D eigenvalue weighted by Crippen LogP contribution is 2.30. The number of hydrogen-bond acceptors (Lipinski definition) is 5. The highest BCUT2D eigenvalue weighted by atomic mass is 16.5. The summed E-state index contributed by atoms with van der Waals surface area (Å²) in [4.78, 5) is 33.6. The fourth-order valence-corrected chi connectivity index (χ4v) is 5.16. The van der Waals surface area contributed by atoms with Crippen molar-refractivity contribution in [1.82, 2.24) is 14.8 Å². The summed E-state index contributed by atoms with van der Waals surface area (Å²) in [6.45, 7) is 3.78. The highest BCUT2D eigenvalue weighted by Gasteiger charge is 2.24. The van der Waals surface area contributed by atoms with Gasteiger partial charge in [-0.2, -0.15) is 5.10 Å². The van der Waals surface area contributed by atoms with E-state index in [9.17, 15) is 9.59 Å². The predicted octanol–water partition coefficient (Wildman–Crippen LogP) is 6.76. The zero-order chi connectivity index (χ0) is 28.3. The summed E-state index contributed by atoms with van der Waals surface area (Å²) in [5.41, 5.74) is 4.57. The molecule has 41 heavy (non-hydrogen) atoms. The zero-order valence-corrected chi connectivity index (χ0v) is 22.8. The van der Waals surface area contributed by atoms with Crippen LogP contribution in [-0.2, 0) is 9.53 Å². The average Bonchev–Trinajstić information content (AvgIpc) is 3.37. The number of aryl methyl sites for hydroxylation is 1. The molecule has 2 heterocycles. The molecule has 0 N–H and O–H groups in total. The molecule has 0 bridgehead atoms. The van der Waals surface area contributed by atoms with Crippen LogP contribution in [0.4, 0.5) is 5.69 Å². The maximum Gasteiger partial charge on any atom is 0.339 e. The first-order valence-electron chi connectivity index (χ1n) is 13.5. The summed E-state index contributed by atoms with van der Waals surface area (Å²) in [5, 5.41) is 7.30. The van der Waals surface area contributed by atoms with Gasteiger partial charge in [-0.3, -0.25) is 4.79 Å². The largest absolute Gasteiger partial charge is 0.452 e. The van der Waals surface area contributed by atoms with Crippen molar-refractivity contribution in [1.29, 1.82) is 0 Å². The van der Waals surface area contributed by atoms with Crippen molar-refractivity contribution in [3.05, 3.63) is 120 Å². The van der Waals surface area contributed by atoms with Gasteiger partial charge >= 0.3 is 5.97 Å². The third kappa shape index (κ3) is 4.94. The number of carbonyl (C=O) groups is 2. The van der Waals surface area contributed by atoms with Crippen LogP contribution in [0.15, 0.2) is 109 Å². The lowest BCUT2D eigenvalue weighted by molar-refractivity contribution is -0.121. The standard InChI is InChI=1S/C34H28N4O3/c1-3-37(30-20-12-16-24-13-10-11-19-27(24)30)31(39)22-41-34(40)28-21-29(25-14-6-4-7-15-25)35-33-32(28)23(2)36-38(33)26-17-8-5-9-18-26/h4-21H,3,22H2,1-2H3. The Kier molecular flexibility index (Phi) is 7.00. The molecule has 7 heteroatoms. The van der Waals surface area contributed by atoms with Crippen molar-refractivity contribution in [3.63, 3.8) is 0 Å². The molecule has 2 aromatic heterocycles. The van der Waals surface area contributed by atoms with Crippen LogP contribution >= 0.6 is 0 Å². The van der Waals surface area contributed by atoms with Crippen LogP contribution in [0, 0.1) is 6.92 Å². The van der Waals surface area contributed by atoms with E-state index in [1.807, 2.05) is 117 Å². The predicted molar refractivity (Wildman–Crippen MR) is 161 cm³/mol. The number of hydrogen-bond donors (Lipinski definition) is 0. The van der Waals surface area contributed by atoms with Gasteiger partial charge in [-0.05, 0) is 43.5 Å². The van der Waals surface area contributed by atoms with Crippen LogP contribution in [0.5, 0.6) is 0 Å². The fourth-order valence-electron chi connectivity index (χ4n) is 5.16. The number of nitrogens with zero attached hydrogens (tertiary/aromatic N) is 4. The molecule has 6 aromatic rings. The third-order valence-electron chi connectivity index (χ3n) is 7.10. The molecule has 0 aliphatic rings. The van der Waals surface area contributed by atoms with Crippen LogP contribution in [0.2, 0.25) is 0 Å². The van der Waals surface area contributed by atoms with E-state index in [4.69, 9.17) is 14.8 Å². The van der Waals surface area contributed by atoms with Gasteiger partial charge in [-0.25, -0.2) is 14.5 Å². The number of amides is 1. The molecule has 7 nitrogen and oxygen atoms in total. The van der Waals surface area contributed by atoms with E-state index in [0.29, 0.717) is 34.5 Å². The molecule has 4 aromatic carbocycles. The Labute approximate surface area is 237 Å². The second kappa shape index (κ2) is 11.1. The Morgan fingerprint density at radius 3 is 2.29 bits per heavy atom. The van der Waals surface area contributed by atoms with E-state index in [1.54, 1.807) is 15.6 Å². The van der Waals surface area contributed by atoms with Gasteiger partial charge in [-0.1, -0.05) is 84.9 Å². The maximum atomic E-state index is 13.6. The summed E-state index contributed by atoms with van der Waals surface area (Å²) in [6, 6.07) is 34.8. The van der Waals surface area contributed by atoms with Gasteiger partial charge in [0.15, 0.2) is 12.3 Å². The monoisotopic (exact) mass is 540 g/mol. The number of ether oxygens (including phenoxy) is 1. The van der Waals surface area contributed by atoms with E-state index >= 15 is 0 Å². The SMILES string of the molecule is CCN(C(=O)COC(=O)c1cc(-c2ccccc2)nc2c1c(C)nn2-c1ccccc1)c1cccc2ccccc12. The first-order chi connectivity index (χ1) is 20.0. The van der Waals surface area contributed by atoms with Crippen molar-refractivity contribution in [3.8, 4) is 16.9 Å². The number of fused-ring (bicyclic) bond motifs is 2. The van der Waals surface area contributed by atoms with Crippen LogP contribution in [0.3, 0.4) is 0 Å². The van der Waals surface area contributed by atoms with Gasteiger partial charge in [-0.15, -0.1) is 0 Å². The lowest BCUT2D eigenvalue weighted by Crippen LogP contribution is -2.34. The van der Waals surface area contributed by atoms with E-state index in [0.717, 1.165) is 27.7 Å². The molecule has 0 fully saturated rings. The molecule has 0 aliphatic heterocycles. The number of likely N-dealkylation sites (N-methyl/N-ethyl adjacent to an activating group) is 1. The van der Waals surface area contributed by atoms with Gasteiger partial charge in [0.1, 0.15) is 0 Å². The smallest absolute Gasteiger partial charge is 0.339 e. The molecule has 0 spiro atoms. The van der Waals surface area contributed by atoms with Gasteiger partial charge in [0.25, 0.3) is 5.91 Å². The Morgan fingerprint density at radius 1 is 0.854 bits per heavy atom. The highest BCUT2D eigenvalue weighted by molar-refractivity contribution is 6.07. The van der Waals surface area contributed by atoms with Crippen LogP contribution in [0.1, 0.15) is 23.0 Å². The lowest BCUT2D eigenvalue weighted by atomic mass is 10.1. The van der Waals surface area contributed by atoms with Gasteiger partial charge in [0, 0.05) is 17.5 Å². The molecule has 0 saturated heterocycles. The Hall–Kier alpha value is -5.30. The number of aromatic nitrogens is 3. The van der Waals surface area contributed by atoms with E-state index in [2.05, 4.69) is 0 Å². The molecule has 0 saturated carbocycles. The molecule has 0 radical (unpaired) electrons. The van der Waals surface area contributed by atoms with Crippen LogP contribution < -0.4 is 4.90 Å². The van der Waals surface area contributed by atoms with Crippen molar-refractivity contribution < 1.29 is 14.3 Å². The number of benzene rings is 4. The lowest BCUT2D eigenvalue weighted by Gasteiger charge is -2.22. The molecule has 6 rings (SSSR count). The summed E-state index contributed by atoms with van der Waals surface area (Å²) < 4.78 is 7.41. The van der Waals surface area contributed by atoms with Gasteiger partial charge in [0.05, 0.1) is 33.7 Å². The summed E-state index contributed by atoms with van der Waals surface area (Å²) in [6.07, 6.45) is 0. The second-order valence-electron chi connectivity index (χ2n) is 9.66. The number of anilines is 1.